The number of hydrazone groups is 1. The van der Waals surface area contributed by atoms with E-state index in [4.69, 9.17) is 0 Å². The molecule has 3 nitrogen and oxygen atoms in total. The molecule has 1 atom stereocenters. The van der Waals surface area contributed by atoms with E-state index >= 15 is 0 Å². The second-order valence-electron chi connectivity index (χ2n) is 3.97. The van der Waals surface area contributed by atoms with Gasteiger partial charge in [0.05, 0.1) is 5.92 Å². The minimum Gasteiger partial charge on any atom is -0.272 e. The van der Waals surface area contributed by atoms with Crippen LogP contribution in [0.25, 0.3) is 0 Å². The lowest BCUT2D eigenvalue weighted by Crippen LogP contribution is -2.24. The average molecular weight is 202 g/mol. The summed E-state index contributed by atoms with van der Waals surface area (Å²) in [6, 6.07) is 8.26. The third-order valence-corrected chi connectivity index (χ3v) is 2.72. The van der Waals surface area contributed by atoms with Crippen LogP contribution in [0.3, 0.4) is 0 Å². The van der Waals surface area contributed by atoms with E-state index in [0.29, 0.717) is 0 Å². The molecule has 0 fully saturated rings. The van der Waals surface area contributed by atoms with Gasteiger partial charge in [0, 0.05) is 5.71 Å². The Balaban J connectivity index is 2.12. The van der Waals surface area contributed by atoms with Gasteiger partial charge in [0.2, 0.25) is 5.91 Å². The molecule has 2 rings (SSSR count). The Morgan fingerprint density at radius 2 is 1.93 bits per heavy atom. The van der Waals surface area contributed by atoms with Crippen molar-refractivity contribution in [1.29, 1.82) is 0 Å². The van der Waals surface area contributed by atoms with Crippen molar-refractivity contribution >= 4 is 11.6 Å². The Bertz CT molecular complexity index is 406. The van der Waals surface area contributed by atoms with E-state index in [1.54, 1.807) is 0 Å². The molecule has 0 radical (unpaired) electrons. The van der Waals surface area contributed by atoms with Crippen LogP contribution in [-0.4, -0.2) is 11.6 Å². The maximum absolute atomic E-state index is 11.4. The van der Waals surface area contributed by atoms with Crippen molar-refractivity contribution < 1.29 is 4.79 Å². The van der Waals surface area contributed by atoms with E-state index in [2.05, 4.69) is 41.7 Å². The molecule has 1 aromatic rings. The molecule has 0 aromatic heterocycles. The maximum Gasteiger partial charge on any atom is 0.249 e. The quantitative estimate of drug-likeness (QED) is 0.778. The minimum atomic E-state index is -0.0901. The zero-order valence-electron chi connectivity index (χ0n) is 8.95. The van der Waals surface area contributed by atoms with Crippen LogP contribution in [-0.2, 0) is 11.2 Å². The first-order valence-corrected chi connectivity index (χ1v) is 5.06. The summed E-state index contributed by atoms with van der Waals surface area (Å²) >= 11 is 0. The monoisotopic (exact) mass is 202 g/mol. The van der Waals surface area contributed by atoms with Crippen LogP contribution in [0.1, 0.15) is 18.1 Å². The fraction of sp³-hybridized carbons (Fsp3) is 0.333. The minimum absolute atomic E-state index is 0.00748. The Morgan fingerprint density at radius 3 is 2.47 bits per heavy atom. The molecular weight excluding hydrogens is 188 g/mol. The van der Waals surface area contributed by atoms with Crippen LogP contribution < -0.4 is 5.43 Å². The van der Waals surface area contributed by atoms with Crippen molar-refractivity contribution in [1.82, 2.24) is 5.43 Å². The van der Waals surface area contributed by atoms with Gasteiger partial charge in [0.15, 0.2) is 0 Å². The largest absolute Gasteiger partial charge is 0.272 e. The number of aryl methyl sites for hydroxylation is 1. The lowest BCUT2D eigenvalue weighted by Gasteiger charge is -2.07. The van der Waals surface area contributed by atoms with E-state index in [-0.39, 0.29) is 11.8 Å². The SMILES string of the molecule is CC1=NNC(=O)C1Cc1ccc(C)cc1. The lowest BCUT2D eigenvalue weighted by molar-refractivity contribution is -0.122. The fourth-order valence-corrected chi connectivity index (χ4v) is 1.69. The molecule has 1 aliphatic heterocycles. The highest BCUT2D eigenvalue weighted by atomic mass is 16.2. The Kier molecular flexibility index (Phi) is 2.54. The van der Waals surface area contributed by atoms with Gasteiger partial charge < -0.3 is 0 Å². The Hall–Kier alpha value is -1.64. The van der Waals surface area contributed by atoms with Crippen molar-refractivity contribution in [2.24, 2.45) is 11.0 Å². The first kappa shape index (κ1) is 9.90. The predicted octanol–water partition coefficient (Wildman–Crippen LogP) is 1.66. The van der Waals surface area contributed by atoms with E-state index < -0.39 is 0 Å². The maximum atomic E-state index is 11.4. The van der Waals surface area contributed by atoms with Gasteiger partial charge in [-0.1, -0.05) is 29.8 Å². The number of amides is 1. The highest BCUT2D eigenvalue weighted by Gasteiger charge is 2.26. The van der Waals surface area contributed by atoms with Gasteiger partial charge >= 0.3 is 0 Å². The molecule has 0 aliphatic carbocycles. The number of hydrogen-bond donors (Lipinski definition) is 1. The molecule has 0 spiro atoms. The molecule has 0 saturated carbocycles. The molecule has 15 heavy (non-hydrogen) atoms. The van der Waals surface area contributed by atoms with Gasteiger partial charge in [-0.2, -0.15) is 5.10 Å². The number of carbonyl (C=O) groups is 1. The summed E-state index contributed by atoms with van der Waals surface area (Å²) in [5.74, 6) is -0.0826. The number of carbonyl (C=O) groups excluding carboxylic acids is 1. The van der Waals surface area contributed by atoms with Crippen molar-refractivity contribution in [3.63, 3.8) is 0 Å². The van der Waals surface area contributed by atoms with E-state index in [1.165, 1.54) is 11.1 Å². The van der Waals surface area contributed by atoms with E-state index in [9.17, 15) is 4.79 Å². The Labute approximate surface area is 89.2 Å². The summed E-state index contributed by atoms with van der Waals surface area (Å²) in [6.45, 7) is 3.94. The van der Waals surface area contributed by atoms with E-state index in [1.807, 2.05) is 6.92 Å². The van der Waals surface area contributed by atoms with Gasteiger partial charge in [-0.15, -0.1) is 0 Å². The second-order valence-corrected chi connectivity index (χ2v) is 3.97. The summed E-state index contributed by atoms with van der Waals surface area (Å²) in [7, 11) is 0. The molecule has 78 valence electrons. The lowest BCUT2D eigenvalue weighted by atomic mass is 9.95. The van der Waals surface area contributed by atoms with Crippen LogP contribution in [0.4, 0.5) is 0 Å². The molecule has 1 N–H and O–H groups in total. The summed E-state index contributed by atoms with van der Waals surface area (Å²) in [5, 5.41) is 3.93. The number of nitrogens with one attached hydrogen (secondary N) is 1. The summed E-state index contributed by atoms with van der Waals surface area (Å²) in [6.07, 6.45) is 0.738. The van der Waals surface area contributed by atoms with Crippen molar-refractivity contribution in [2.45, 2.75) is 20.3 Å². The molecule has 0 bridgehead atoms. The van der Waals surface area contributed by atoms with Gasteiger partial charge in [0.25, 0.3) is 0 Å². The van der Waals surface area contributed by atoms with Crippen LogP contribution in [0.5, 0.6) is 0 Å². The first-order chi connectivity index (χ1) is 7.16. The number of hydrogen-bond acceptors (Lipinski definition) is 2. The number of nitrogens with zero attached hydrogens (tertiary/aromatic N) is 1. The van der Waals surface area contributed by atoms with Crippen LogP contribution in [0.2, 0.25) is 0 Å². The molecule has 1 unspecified atom stereocenters. The number of rotatable bonds is 2. The van der Waals surface area contributed by atoms with Gasteiger partial charge in [-0.05, 0) is 25.8 Å². The van der Waals surface area contributed by atoms with Crippen molar-refractivity contribution in [2.75, 3.05) is 0 Å². The average Bonchev–Trinajstić information content (AvgIpc) is 2.53. The predicted molar refractivity (Wildman–Crippen MR) is 59.6 cm³/mol. The van der Waals surface area contributed by atoms with Gasteiger partial charge in [-0.3, -0.25) is 4.79 Å². The summed E-state index contributed by atoms with van der Waals surface area (Å²) < 4.78 is 0. The number of benzene rings is 1. The first-order valence-electron chi connectivity index (χ1n) is 5.06. The zero-order valence-corrected chi connectivity index (χ0v) is 8.95. The molecular formula is C12H14N2O. The Morgan fingerprint density at radius 1 is 1.27 bits per heavy atom. The third-order valence-electron chi connectivity index (χ3n) is 2.72. The van der Waals surface area contributed by atoms with Crippen LogP contribution in [0.15, 0.2) is 29.4 Å². The van der Waals surface area contributed by atoms with Crippen molar-refractivity contribution in [3.05, 3.63) is 35.4 Å². The molecule has 1 aromatic carbocycles. The topological polar surface area (TPSA) is 41.5 Å². The highest BCUT2D eigenvalue weighted by Crippen LogP contribution is 2.15. The molecule has 1 amide bonds. The van der Waals surface area contributed by atoms with Crippen molar-refractivity contribution in [3.8, 4) is 0 Å². The highest BCUT2D eigenvalue weighted by molar-refractivity contribution is 6.07. The van der Waals surface area contributed by atoms with Crippen LogP contribution >= 0.6 is 0 Å². The van der Waals surface area contributed by atoms with Gasteiger partial charge in [-0.25, -0.2) is 5.43 Å². The smallest absolute Gasteiger partial charge is 0.249 e. The van der Waals surface area contributed by atoms with Gasteiger partial charge in [0.1, 0.15) is 0 Å². The summed E-state index contributed by atoms with van der Waals surface area (Å²) in [4.78, 5) is 11.4. The van der Waals surface area contributed by atoms with E-state index in [0.717, 1.165) is 12.1 Å². The normalized spacial score (nSPS) is 20.0. The second kappa shape index (κ2) is 3.85. The third kappa shape index (κ3) is 2.06. The fourth-order valence-electron chi connectivity index (χ4n) is 1.69. The standard InChI is InChI=1S/C12H14N2O/c1-8-3-5-10(6-4-8)7-11-9(2)13-14-12(11)15/h3-6,11H,7H2,1-2H3,(H,14,15). The molecule has 0 saturated heterocycles. The molecule has 3 heteroatoms. The van der Waals surface area contributed by atoms with Crippen LogP contribution in [0, 0.1) is 12.8 Å². The summed E-state index contributed by atoms with van der Waals surface area (Å²) in [5.41, 5.74) is 5.79. The molecule has 1 heterocycles. The zero-order chi connectivity index (χ0) is 10.8. The molecule has 1 aliphatic rings.